The number of allylic oxidation sites excluding steroid dienone is 4. The number of nitrogens with one attached hydrogen (secondary N) is 2. The Morgan fingerprint density at radius 2 is 1.63 bits per heavy atom. The summed E-state index contributed by atoms with van der Waals surface area (Å²) in [5, 5.41) is 7.11. The number of nitrogens with zero attached hydrogens (tertiary/aromatic N) is 1. The van der Waals surface area contributed by atoms with E-state index in [4.69, 9.17) is 0 Å². The lowest BCUT2D eigenvalue weighted by atomic mass is 9.76. The van der Waals surface area contributed by atoms with Gasteiger partial charge in [0.2, 0.25) is 0 Å². The van der Waals surface area contributed by atoms with E-state index in [-0.39, 0.29) is 0 Å². The Morgan fingerprint density at radius 3 is 2.15 bits per heavy atom. The highest BCUT2D eigenvalue weighted by Gasteiger charge is 2.54. The molecular weight excluding hydrogens is 346 g/mol. The smallest absolute Gasteiger partial charge is 0.129 e. The van der Waals surface area contributed by atoms with Crippen molar-refractivity contribution in [3.63, 3.8) is 0 Å². The molecule has 2 fully saturated rings. The molecule has 4 atom stereocenters. The van der Waals surface area contributed by atoms with Crippen LogP contribution in [0.3, 0.4) is 0 Å². The summed E-state index contributed by atoms with van der Waals surface area (Å²) in [6.45, 7) is 22.8. The Hall–Kier alpha value is -0.423. The molecule has 0 aromatic rings. The van der Waals surface area contributed by atoms with Gasteiger partial charge in [-0.05, 0) is 53.0 Å². The van der Waals surface area contributed by atoms with Crippen molar-refractivity contribution in [1.82, 2.24) is 15.2 Å². The van der Waals surface area contributed by atoms with Gasteiger partial charge in [0.1, 0.15) is 8.24 Å². The van der Waals surface area contributed by atoms with Gasteiger partial charge in [0.25, 0.3) is 0 Å². The van der Waals surface area contributed by atoms with Crippen LogP contribution < -0.4 is 10.6 Å². The molecule has 0 amide bonds. The summed E-state index contributed by atoms with van der Waals surface area (Å²) < 4.78 is 2.77. The highest BCUT2D eigenvalue weighted by atomic mass is 28.3. The number of fused-ring (bicyclic) bond motifs is 1. The molecule has 3 rings (SSSR count). The highest BCUT2D eigenvalue weighted by Crippen LogP contribution is 2.59. The average molecular weight is 390 g/mol. The van der Waals surface area contributed by atoms with Gasteiger partial charge < -0.3 is 0 Å². The fourth-order valence-corrected chi connectivity index (χ4v) is 10.4. The molecule has 0 bridgehead atoms. The molecule has 27 heavy (non-hydrogen) atoms. The second-order valence-corrected chi connectivity index (χ2v) is 15.3. The zero-order chi connectivity index (χ0) is 19.9. The molecule has 1 saturated carbocycles. The summed E-state index contributed by atoms with van der Waals surface area (Å²) in [5.74, 6) is 4.40. The molecule has 0 radical (unpaired) electrons. The Balaban J connectivity index is 2.01. The van der Waals surface area contributed by atoms with Crippen LogP contribution >= 0.6 is 0 Å². The lowest BCUT2D eigenvalue weighted by molar-refractivity contribution is 0.272. The molecule has 3 nitrogen and oxygen atoms in total. The largest absolute Gasteiger partial charge is 0.299 e. The van der Waals surface area contributed by atoms with E-state index in [0.717, 1.165) is 49.2 Å². The van der Waals surface area contributed by atoms with Crippen molar-refractivity contribution in [2.45, 2.75) is 66.6 Å². The first-order valence-corrected chi connectivity index (χ1v) is 14.3. The standard InChI is InChI=1S/C23H43N3Si/c1-15(2)18-9-19(16(3)4)21-11-20(17(5)6)23(22(21)10-18)27(7,8)26-13-24-12-25-14-26/h9-10,15-17,20-25H,11-14H2,1-8H3. The van der Waals surface area contributed by atoms with Gasteiger partial charge in [-0.1, -0.05) is 72.4 Å². The minimum atomic E-state index is -1.60. The molecule has 3 aliphatic rings. The molecule has 154 valence electrons. The molecule has 0 spiro atoms. The predicted molar refractivity (Wildman–Crippen MR) is 120 cm³/mol. The van der Waals surface area contributed by atoms with Crippen molar-refractivity contribution >= 4 is 8.24 Å². The lowest BCUT2D eigenvalue weighted by Gasteiger charge is -2.48. The predicted octanol–water partition coefficient (Wildman–Crippen LogP) is 5.02. The van der Waals surface area contributed by atoms with E-state index in [1.54, 1.807) is 11.1 Å². The number of rotatable bonds is 5. The Bertz CT molecular complexity index is 584. The van der Waals surface area contributed by atoms with E-state index < -0.39 is 8.24 Å². The van der Waals surface area contributed by atoms with Crippen molar-refractivity contribution in [2.24, 2.45) is 35.5 Å². The molecule has 2 N–H and O–H groups in total. The van der Waals surface area contributed by atoms with Crippen molar-refractivity contribution < 1.29 is 0 Å². The Morgan fingerprint density at radius 1 is 1.00 bits per heavy atom. The summed E-state index contributed by atoms with van der Waals surface area (Å²) in [6.07, 6.45) is 6.69. The summed E-state index contributed by atoms with van der Waals surface area (Å²) in [7, 11) is -1.60. The summed E-state index contributed by atoms with van der Waals surface area (Å²) in [5.41, 5.74) is 4.16. The van der Waals surface area contributed by atoms with Crippen molar-refractivity contribution in [1.29, 1.82) is 0 Å². The van der Waals surface area contributed by atoms with Crippen molar-refractivity contribution in [3.05, 3.63) is 23.3 Å². The number of hydrogen-bond acceptors (Lipinski definition) is 3. The maximum Gasteiger partial charge on any atom is 0.129 e. The first-order valence-electron chi connectivity index (χ1n) is 11.2. The highest BCUT2D eigenvalue weighted by molar-refractivity contribution is 6.76. The fraction of sp³-hybridized carbons (Fsp3) is 0.826. The van der Waals surface area contributed by atoms with Gasteiger partial charge in [0, 0.05) is 20.0 Å². The average Bonchev–Trinajstić information content (AvgIpc) is 3.01. The van der Waals surface area contributed by atoms with E-state index in [1.165, 1.54) is 6.42 Å². The van der Waals surface area contributed by atoms with Gasteiger partial charge in [0.05, 0.1) is 0 Å². The summed E-state index contributed by atoms with van der Waals surface area (Å²) >= 11 is 0. The minimum Gasteiger partial charge on any atom is -0.299 e. The van der Waals surface area contributed by atoms with Crippen LogP contribution in [0, 0.1) is 35.5 Å². The summed E-state index contributed by atoms with van der Waals surface area (Å²) in [4.78, 5) is 0. The van der Waals surface area contributed by atoms with Crippen LogP contribution in [0.25, 0.3) is 0 Å². The zero-order valence-corrected chi connectivity index (χ0v) is 20.0. The van der Waals surface area contributed by atoms with Gasteiger partial charge in [-0.3, -0.25) is 15.2 Å². The van der Waals surface area contributed by atoms with Crippen molar-refractivity contribution in [3.8, 4) is 0 Å². The van der Waals surface area contributed by atoms with Gasteiger partial charge in [-0.15, -0.1) is 0 Å². The first-order chi connectivity index (χ1) is 12.6. The molecule has 1 heterocycles. The van der Waals surface area contributed by atoms with E-state index in [1.807, 2.05) is 0 Å². The van der Waals surface area contributed by atoms with Gasteiger partial charge in [0.15, 0.2) is 0 Å². The van der Waals surface area contributed by atoms with E-state index in [9.17, 15) is 0 Å². The van der Waals surface area contributed by atoms with Crippen LogP contribution in [0.2, 0.25) is 18.6 Å². The molecular formula is C23H43N3Si. The third-order valence-electron chi connectivity index (χ3n) is 7.69. The van der Waals surface area contributed by atoms with Crippen LogP contribution in [0.1, 0.15) is 48.0 Å². The van der Waals surface area contributed by atoms with Crippen molar-refractivity contribution in [2.75, 3.05) is 20.0 Å². The molecule has 0 aromatic heterocycles. The van der Waals surface area contributed by atoms with Crippen LogP contribution in [-0.2, 0) is 0 Å². The summed E-state index contributed by atoms with van der Waals surface area (Å²) in [6, 6.07) is 0. The molecule has 4 unspecified atom stereocenters. The normalized spacial score (nSPS) is 32.9. The molecule has 1 saturated heterocycles. The third-order valence-corrected chi connectivity index (χ3v) is 12.1. The fourth-order valence-electron chi connectivity index (χ4n) is 6.06. The second-order valence-electron chi connectivity index (χ2n) is 10.7. The van der Waals surface area contributed by atoms with E-state index >= 15 is 0 Å². The van der Waals surface area contributed by atoms with Crippen LogP contribution in [-0.4, -0.2) is 32.8 Å². The zero-order valence-electron chi connectivity index (χ0n) is 19.0. The van der Waals surface area contributed by atoms with Gasteiger partial charge in [-0.2, -0.15) is 0 Å². The van der Waals surface area contributed by atoms with Crippen LogP contribution in [0.15, 0.2) is 23.3 Å². The van der Waals surface area contributed by atoms with Crippen LogP contribution in [0.5, 0.6) is 0 Å². The third kappa shape index (κ3) is 4.01. The molecule has 2 aliphatic carbocycles. The second kappa shape index (κ2) is 8.14. The van der Waals surface area contributed by atoms with Gasteiger partial charge in [-0.25, -0.2) is 0 Å². The SMILES string of the molecule is CC(C)C1=CC2C(CC(C(C)C)C2[Si](C)(C)N2CNCNC2)C(C(C)C)=C1. The molecule has 0 aromatic carbocycles. The molecule has 1 aliphatic heterocycles. The number of hydrogen-bond donors (Lipinski definition) is 2. The van der Waals surface area contributed by atoms with E-state index in [2.05, 4.69) is 82.0 Å². The minimum absolute atomic E-state index is 0.626. The Kier molecular flexibility index (Phi) is 6.41. The monoisotopic (exact) mass is 389 g/mol. The lowest BCUT2D eigenvalue weighted by Crippen LogP contribution is -2.63. The Labute approximate surface area is 169 Å². The van der Waals surface area contributed by atoms with Crippen LogP contribution in [0.4, 0.5) is 0 Å². The van der Waals surface area contributed by atoms with E-state index in [0.29, 0.717) is 11.8 Å². The maximum atomic E-state index is 3.56. The topological polar surface area (TPSA) is 27.3 Å². The molecule has 4 heteroatoms. The first kappa shape index (κ1) is 21.3. The van der Waals surface area contributed by atoms with Gasteiger partial charge >= 0.3 is 0 Å². The quantitative estimate of drug-likeness (QED) is 0.647. The maximum absolute atomic E-state index is 3.56.